The van der Waals surface area contributed by atoms with Crippen molar-refractivity contribution in [1.82, 2.24) is 14.2 Å². The second kappa shape index (κ2) is 7.61. The van der Waals surface area contributed by atoms with Crippen LogP contribution in [-0.4, -0.2) is 63.0 Å². The highest BCUT2D eigenvalue weighted by atomic mass is 32.2. The number of benzene rings is 1. The fraction of sp³-hybridized carbons (Fsp3) is 0.389. The molecule has 0 N–H and O–H groups in total. The minimum atomic E-state index is -3.63. The van der Waals surface area contributed by atoms with E-state index in [1.54, 1.807) is 18.3 Å². The summed E-state index contributed by atoms with van der Waals surface area (Å²) in [5.41, 5.74) is 1.10. The van der Waals surface area contributed by atoms with Crippen molar-refractivity contribution in [1.29, 1.82) is 0 Å². The molecule has 0 saturated carbocycles. The molecule has 26 heavy (non-hydrogen) atoms. The molecule has 1 aliphatic rings. The number of aromatic nitrogens is 1. The quantitative estimate of drug-likeness (QED) is 0.730. The average Bonchev–Trinajstić information content (AvgIpc) is 2.60. The van der Waals surface area contributed by atoms with Gasteiger partial charge in [0.05, 0.1) is 14.2 Å². The molecule has 1 aliphatic heterocycles. The van der Waals surface area contributed by atoms with E-state index >= 15 is 0 Å². The third-order valence-corrected chi connectivity index (χ3v) is 6.45. The smallest absolute Gasteiger partial charge is 0.247 e. The first-order chi connectivity index (χ1) is 12.5. The van der Waals surface area contributed by atoms with Gasteiger partial charge in [-0.25, -0.2) is 8.42 Å². The maximum atomic E-state index is 13.0. The molecule has 0 atom stereocenters. The number of pyridine rings is 1. The van der Waals surface area contributed by atoms with E-state index in [-0.39, 0.29) is 10.9 Å². The third kappa shape index (κ3) is 3.67. The van der Waals surface area contributed by atoms with Crippen LogP contribution >= 0.6 is 0 Å². The summed E-state index contributed by atoms with van der Waals surface area (Å²) in [6.07, 6.45) is 3.56. The van der Waals surface area contributed by atoms with Crippen molar-refractivity contribution in [3.05, 3.63) is 48.3 Å². The first-order valence-electron chi connectivity index (χ1n) is 8.27. The Morgan fingerprint density at radius 3 is 2.62 bits per heavy atom. The van der Waals surface area contributed by atoms with Gasteiger partial charge in [-0.2, -0.15) is 4.31 Å². The van der Waals surface area contributed by atoms with Crippen LogP contribution in [0.5, 0.6) is 11.5 Å². The lowest BCUT2D eigenvalue weighted by Crippen LogP contribution is -2.59. The molecular formula is C18H23N3O4S. The third-order valence-electron chi connectivity index (χ3n) is 4.60. The molecule has 1 aromatic heterocycles. The predicted octanol–water partition coefficient (Wildman–Crippen LogP) is 1.60. The molecule has 2 heterocycles. The van der Waals surface area contributed by atoms with Gasteiger partial charge in [0.1, 0.15) is 16.4 Å². The van der Waals surface area contributed by atoms with E-state index in [4.69, 9.17) is 9.47 Å². The average molecular weight is 377 g/mol. The normalized spacial score (nSPS) is 15.7. The Kier molecular flexibility index (Phi) is 5.45. The Bertz CT molecular complexity index is 852. The molecule has 0 aliphatic carbocycles. The summed E-state index contributed by atoms with van der Waals surface area (Å²) in [5, 5.41) is 0. The van der Waals surface area contributed by atoms with Gasteiger partial charge < -0.3 is 9.47 Å². The van der Waals surface area contributed by atoms with E-state index < -0.39 is 10.0 Å². The van der Waals surface area contributed by atoms with E-state index in [0.717, 1.165) is 12.1 Å². The summed E-state index contributed by atoms with van der Waals surface area (Å²) in [6.45, 7) is 1.62. The zero-order chi connectivity index (χ0) is 18.7. The van der Waals surface area contributed by atoms with E-state index in [0.29, 0.717) is 24.6 Å². The standard InChI is InChI=1S/C18H23N3O4S/c1-20(11-14-5-4-8-19-10-14)15-12-21(13-15)26(22,23)18-9-16(24-2)6-7-17(18)25-3/h4-10,15H,11-13H2,1-3H3. The summed E-state index contributed by atoms with van der Waals surface area (Å²) < 4.78 is 37.7. The molecule has 0 spiro atoms. The maximum absolute atomic E-state index is 13.0. The first-order valence-corrected chi connectivity index (χ1v) is 9.71. The number of methoxy groups -OCH3 is 2. The molecule has 7 nitrogen and oxygen atoms in total. The molecule has 0 radical (unpaired) electrons. The Hall–Kier alpha value is -2.16. The van der Waals surface area contributed by atoms with Crippen molar-refractivity contribution in [2.45, 2.75) is 17.5 Å². The topological polar surface area (TPSA) is 72.0 Å². The molecule has 1 aromatic carbocycles. The summed E-state index contributed by atoms with van der Waals surface area (Å²) in [7, 11) is 1.33. The van der Waals surface area contributed by atoms with Crippen LogP contribution < -0.4 is 9.47 Å². The van der Waals surface area contributed by atoms with Crippen LogP contribution in [0, 0.1) is 0 Å². The lowest BCUT2D eigenvalue weighted by Gasteiger charge is -2.43. The molecule has 8 heteroatoms. The van der Waals surface area contributed by atoms with Crippen molar-refractivity contribution in [3.63, 3.8) is 0 Å². The van der Waals surface area contributed by atoms with Gasteiger partial charge in [-0.15, -0.1) is 0 Å². The Balaban J connectivity index is 1.70. The van der Waals surface area contributed by atoms with E-state index in [2.05, 4.69) is 9.88 Å². The predicted molar refractivity (Wildman–Crippen MR) is 97.8 cm³/mol. The highest BCUT2D eigenvalue weighted by molar-refractivity contribution is 7.89. The minimum absolute atomic E-state index is 0.132. The number of likely N-dealkylation sites (N-methyl/N-ethyl adjacent to an activating group) is 1. The molecule has 140 valence electrons. The van der Waals surface area contributed by atoms with Crippen molar-refractivity contribution < 1.29 is 17.9 Å². The summed E-state index contributed by atoms with van der Waals surface area (Å²) >= 11 is 0. The fourth-order valence-electron chi connectivity index (χ4n) is 2.93. The van der Waals surface area contributed by atoms with Crippen LogP contribution in [0.2, 0.25) is 0 Å². The van der Waals surface area contributed by atoms with Crippen LogP contribution in [0.25, 0.3) is 0 Å². The van der Waals surface area contributed by atoms with Crippen LogP contribution in [0.1, 0.15) is 5.56 Å². The molecular weight excluding hydrogens is 354 g/mol. The highest BCUT2D eigenvalue weighted by Crippen LogP contribution is 2.33. The van der Waals surface area contributed by atoms with Gasteiger partial charge >= 0.3 is 0 Å². The largest absolute Gasteiger partial charge is 0.497 e. The number of ether oxygens (including phenoxy) is 2. The van der Waals surface area contributed by atoms with E-state index in [9.17, 15) is 8.42 Å². The Labute approximate surface area is 154 Å². The Morgan fingerprint density at radius 2 is 2.00 bits per heavy atom. The summed E-state index contributed by atoms with van der Waals surface area (Å²) in [4.78, 5) is 6.39. The van der Waals surface area contributed by atoms with Gasteiger partial charge in [0.25, 0.3) is 0 Å². The van der Waals surface area contributed by atoms with E-state index in [1.807, 2.05) is 25.4 Å². The van der Waals surface area contributed by atoms with Gasteiger partial charge in [0.15, 0.2) is 0 Å². The second-order valence-corrected chi connectivity index (χ2v) is 8.18. The van der Waals surface area contributed by atoms with Crippen molar-refractivity contribution in [2.24, 2.45) is 0 Å². The number of sulfonamides is 1. The molecule has 0 bridgehead atoms. The monoisotopic (exact) mass is 377 g/mol. The molecule has 1 fully saturated rings. The molecule has 2 aromatic rings. The summed E-state index contributed by atoms with van der Waals surface area (Å²) in [6, 6.07) is 8.87. The SMILES string of the molecule is COc1ccc(OC)c(S(=O)(=O)N2CC(N(C)Cc3cccnc3)C2)c1. The second-order valence-electron chi connectivity index (χ2n) is 6.27. The van der Waals surface area contributed by atoms with Crippen LogP contribution in [-0.2, 0) is 16.6 Å². The van der Waals surface area contributed by atoms with Crippen LogP contribution in [0.4, 0.5) is 0 Å². The number of hydrogen-bond donors (Lipinski definition) is 0. The molecule has 0 amide bonds. The molecule has 3 rings (SSSR count). The summed E-state index contributed by atoms with van der Waals surface area (Å²) in [5.74, 6) is 0.799. The number of nitrogens with zero attached hydrogens (tertiary/aromatic N) is 3. The van der Waals surface area contributed by atoms with Gasteiger partial charge in [-0.1, -0.05) is 6.07 Å². The Morgan fingerprint density at radius 1 is 1.23 bits per heavy atom. The number of rotatable bonds is 7. The van der Waals surface area contributed by atoms with Crippen molar-refractivity contribution >= 4 is 10.0 Å². The van der Waals surface area contributed by atoms with E-state index in [1.165, 1.54) is 24.6 Å². The zero-order valence-corrected chi connectivity index (χ0v) is 15.9. The first kappa shape index (κ1) is 18.6. The van der Waals surface area contributed by atoms with Gasteiger partial charge in [-0.3, -0.25) is 9.88 Å². The van der Waals surface area contributed by atoms with Crippen molar-refractivity contribution in [2.75, 3.05) is 34.4 Å². The lowest BCUT2D eigenvalue weighted by atomic mass is 10.1. The number of hydrogen-bond acceptors (Lipinski definition) is 6. The van der Waals surface area contributed by atoms with Crippen LogP contribution in [0.15, 0.2) is 47.6 Å². The minimum Gasteiger partial charge on any atom is -0.497 e. The lowest BCUT2D eigenvalue weighted by molar-refractivity contribution is 0.105. The van der Waals surface area contributed by atoms with Gasteiger partial charge in [-0.05, 0) is 30.8 Å². The maximum Gasteiger partial charge on any atom is 0.247 e. The van der Waals surface area contributed by atoms with Crippen LogP contribution in [0.3, 0.4) is 0 Å². The van der Waals surface area contributed by atoms with Gasteiger partial charge in [0, 0.05) is 44.1 Å². The molecule has 1 saturated heterocycles. The van der Waals surface area contributed by atoms with Gasteiger partial charge in [0.2, 0.25) is 10.0 Å². The zero-order valence-electron chi connectivity index (χ0n) is 15.1. The fourth-order valence-corrected chi connectivity index (χ4v) is 4.61. The highest BCUT2D eigenvalue weighted by Gasteiger charge is 2.40. The van der Waals surface area contributed by atoms with Crippen molar-refractivity contribution in [3.8, 4) is 11.5 Å². The molecule has 0 unspecified atom stereocenters.